The standard InChI is InChI=1S/C52H61ClN8O7S/c1-34-32-60(47-27-37-16-21-54-48(37)56-50(47)68-34)45-28-40(59-24-22-58(23-25-59)33-38-15-18-51(2,3)30-43(38)36-5-7-39(53)8-6-36)9-11-42(45)49(62)57-69(65,66)41-10-12-44(46(29-41)61(63)64)55-31-35-13-19-52(20-14-35)17-4-26-67-52/h5-12,16,21,27-29,34-35,55H,4,13-15,17-20,22-26,30-33H2,1-3H3,(H,54,56)(H,57,62)/t34-,35-,52+/m1/s1. The number of nitrogens with zero attached hydrogens (tertiary/aromatic N) is 5. The van der Waals surface area contributed by atoms with Gasteiger partial charge in [-0.25, -0.2) is 13.1 Å². The number of pyridine rings is 1. The van der Waals surface area contributed by atoms with Gasteiger partial charge in [0, 0.05) is 74.2 Å². The van der Waals surface area contributed by atoms with Crippen molar-refractivity contribution in [1.29, 1.82) is 0 Å². The molecule has 5 aromatic rings. The fourth-order valence-corrected chi connectivity index (χ4v) is 12.2. The zero-order valence-corrected chi connectivity index (χ0v) is 41.1. The van der Waals surface area contributed by atoms with Gasteiger partial charge in [0.05, 0.1) is 33.2 Å². The maximum Gasteiger partial charge on any atom is 0.293 e. The number of aromatic amines is 1. The van der Waals surface area contributed by atoms with Gasteiger partial charge in [-0.05, 0) is 142 Å². The third kappa shape index (κ3) is 10.0. The fourth-order valence-electron chi connectivity index (χ4n) is 11.1. The van der Waals surface area contributed by atoms with E-state index in [2.05, 4.69) is 50.8 Å². The molecule has 0 bridgehead atoms. The number of ether oxygens (including phenoxy) is 2. The predicted molar refractivity (Wildman–Crippen MR) is 270 cm³/mol. The first-order valence-electron chi connectivity index (χ1n) is 24.3. The molecule has 2 saturated heterocycles. The molecule has 17 heteroatoms. The SMILES string of the molecule is C[C@@H]1CN(c2cc(N3CCN(CC4=C(c5ccc(Cl)cc5)CC(C)(C)CC4)CC3)ccc2C(=O)NS(=O)(=O)c2ccc(NC[C@H]3CC[C@]4(CCCO4)CC3)c([N+](=O)[O-])c2)c2cc3cc[nH]c3nc2O1. The first kappa shape index (κ1) is 47.0. The Balaban J connectivity index is 0.895. The summed E-state index contributed by atoms with van der Waals surface area (Å²) in [4.78, 5) is 40.6. The number of piperazine rings is 1. The van der Waals surface area contributed by atoms with Crippen LogP contribution in [0.5, 0.6) is 5.88 Å². The minimum Gasteiger partial charge on any atom is -0.471 e. The molecule has 0 unspecified atom stereocenters. The van der Waals surface area contributed by atoms with Gasteiger partial charge >= 0.3 is 0 Å². The van der Waals surface area contributed by atoms with E-state index in [1.54, 1.807) is 12.3 Å². The number of amides is 1. The van der Waals surface area contributed by atoms with E-state index < -0.39 is 20.9 Å². The predicted octanol–water partition coefficient (Wildman–Crippen LogP) is 10.1. The number of hydrogen-bond acceptors (Lipinski definition) is 12. The Morgan fingerprint density at radius 1 is 0.971 bits per heavy atom. The second kappa shape index (κ2) is 18.9. The minimum atomic E-state index is -4.58. The summed E-state index contributed by atoms with van der Waals surface area (Å²) in [7, 11) is -4.58. The summed E-state index contributed by atoms with van der Waals surface area (Å²) < 4.78 is 42.7. The van der Waals surface area contributed by atoms with E-state index in [1.807, 2.05) is 48.2 Å². The molecule has 10 rings (SSSR count). The lowest BCUT2D eigenvalue weighted by Crippen LogP contribution is -2.47. The first-order chi connectivity index (χ1) is 33.1. The number of anilines is 4. The number of rotatable bonds is 12. The summed E-state index contributed by atoms with van der Waals surface area (Å²) in [6.45, 7) is 12.3. The van der Waals surface area contributed by atoms with Crippen LogP contribution in [0.3, 0.4) is 0 Å². The molecule has 15 nitrogen and oxygen atoms in total. The van der Waals surface area contributed by atoms with E-state index in [1.165, 1.54) is 28.8 Å². The van der Waals surface area contributed by atoms with Crippen LogP contribution in [-0.4, -0.2) is 98.2 Å². The zero-order chi connectivity index (χ0) is 48.1. The molecule has 3 aromatic carbocycles. The summed E-state index contributed by atoms with van der Waals surface area (Å²) in [5.41, 5.74) is 6.96. The maximum absolute atomic E-state index is 14.5. The minimum absolute atomic E-state index is 0.0186. The van der Waals surface area contributed by atoms with Crippen LogP contribution < -0.4 is 24.6 Å². The third-order valence-electron chi connectivity index (χ3n) is 15.1. The smallest absolute Gasteiger partial charge is 0.293 e. The number of allylic oxidation sites excluding steroid dienone is 1. The number of carbonyl (C=O) groups is 1. The van der Waals surface area contributed by atoms with Crippen LogP contribution in [0.4, 0.5) is 28.4 Å². The monoisotopic (exact) mass is 976 g/mol. The highest BCUT2D eigenvalue weighted by molar-refractivity contribution is 7.90. The quantitative estimate of drug-likeness (QED) is 0.0798. The number of carbonyl (C=O) groups excluding carboxylic acids is 1. The van der Waals surface area contributed by atoms with Gasteiger partial charge in [-0.1, -0.05) is 43.2 Å². The summed E-state index contributed by atoms with van der Waals surface area (Å²) >= 11 is 6.28. The van der Waals surface area contributed by atoms with Gasteiger partial charge in [0.25, 0.3) is 21.6 Å². The fraction of sp³-hybridized carbons (Fsp3) is 0.462. The van der Waals surface area contributed by atoms with Crippen LogP contribution in [0.25, 0.3) is 16.6 Å². The second-order valence-electron chi connectivity index (χ2n) is 20.5. The van der Waals surface area contributed by atoms with Crippen LogP contribution >= 0.6 is 11.6 Å². The molecule has 1 spiro atoms. The molecule has 364 valence electrons. The number of sulfonamides is 1. The molecular weight excluding hydrogens is 916 g/mol. The summed E-state index contributed by atoms with van der Waals surface area (Å²) in [6.07, 6.45) is 10.7. The van der Waals surface area contributed by atoms with Gasteiger partial charge in [0.2, 0.25) is 5.88 Å². The average molecular weight is 978 g/mol. The Morgan fingerprint density at radius 2 is 1.75 bits per heavy atom. The van der Waals surface area contributed by atoms with Gasteiger partial charge in [-0.15, -0.1) is 0 Å². The zero-order valence-electron chi connectivity index (χ0n) is 39.6. The Bertz CT molecular complexity index is 2900. The Hall–Kier alpha value is -5.68. The van der Waals surface area contributed by atoms with Crippen molar-refractivity contribution >= 4 is 72.6 Å². The van der Waals surface area contributed by atoms with Crippen molar-refractivity contribution < 1.29 is 27.6 Å². The van der Waals surface area contributed by atoms with Gasteiger partial charge in [-0.2, -0.15) is 4.98 Å². The van der Waals surface area contributed by atoms with E-state index in [0.717, 1.165) is 119 Å². The number of nitro groups is 1. The molecule has 3 fully saturated rings. The van der Waals surface area contributed by atoms with E-state index in [9.17, 15) is 23.3 Å². The molecule has 2 aromatic heterocycles. The van der Waals surface area contributed by atoms with Crippen molar-refractivity contribution in [3.63, 3.8) is 0 Å². The number of halogens is 1. The van der Waals surface area contributed by atoms with Crippen molar-refractivity contribution in [2.24, 2.45) is 11.3 Å². The van der Waals surface area contributed by atoms with Crippen molar-refractivity contribution in [1.82, 2.24) is 19.6 Å². The second-order valence-corrected chi connectivity index (χ2v) is 22.6. The highest BCUT2D eigenvalue weighted by Gasteiger charge is 2.39. The van der Waals surface area contributed by atoms with Crippen LogP contribution in [0.1, 0.15) is 94.5 Å². The van der Waals surface area contributed by atoms with Crippen LogP contribution in [0, 0.1) is 21.4 Å². The van der Waals surface area contributed by atoms with Gasteiger partial charge in [0.1, 0.15) is 23.1 Å². The van der Waals surface area contributed by atoms with Crippen molar-refractivity contribution in [2.45, 2.75) is 95.2 Å². The largest absolute Gasteiger partial charge is 0.471 e. The molecule has 3 aliphatic heterocycles. The number of fused-ring (bicyclic) bond motifs is 2. The summed E-state index contributed by atoms with van der Waals surface area (Å²) in [6, 6.07) is 21.3. The summed E-state index contributed by atoms with van der Waals surface area (Å²) in [5, 5.41) is 17.2. The van der Waals surface area contributed by atoms with Crippen LogP contribution in [0.2, 0.25) is 5.02 Å². The van der Waals surface area contributed by atoms with Gasteiger partial charge in [0.15, 0.2) is 0 Å². The first-order valence-corrected chi connectivity index (χ1v) is 26.2. The Kier molecular flexibility index (Phi) is 12.9. The molecule has 69 heavy (non-hydrogen) atoms. The molecule has 5 aliphatic rings. The molecule has 0 radical (unpaired) electrons. The number of nitro benzene ring substituents is 1. The average Bonchev–Trinajstić information content (AvgIpc) is 4.00. The normalized spacial score (nSPS) is 23.0. The van der Waals surface area contributed by atoms with Crippen LogP contribution in [-0.2, 0) is 14.8 Å². The molecule has 1 atom stereocenters. The topological polar surface area (TPSA) is 175 Å². The lowest BCUT2D eigenvalue weighted by molar-refractivity contribution is -0.384. The number of H-pyrrole nitrogens is 1. The van der Waals surface area contributed by atoms with Gasteiger partial charge < -0.3 is 29.6 Å². The van der Waals surface area contributed by atoms with Crippen LogP contribution in [0.15, 0.2) is 89.5 Å². The number of aromatic nitrogens is 2. The third-order valence-corrected chi connectivity index (χ3v) is 16.6. The molecular formula is C52H61ClN8O7S. The lowest BCUT2D eigenvalue weighted by atomic mass is 9.72. The van der Waals surface area contributed by atoms with E-state index in [-0.39, 0.29) is 39.0 Å². The molecule has 5 heterocycles. The van der Waals surface area contributed by atoms with Gasteiger partial charge in [-0.3, -0.25) is 19.8 Å². The molecule has 3 N–H and O–H groups in total. The number of hydrogen-bond donors (Lipinski definition) is 3. The Labute approximate surface area is 408 Å². The lowest BCUT2D eigenvalue weighted by Gasteiger charge is -2.40. The van der Waals surface area contributed by atoms with E-state index in [0.29, 0.717) is 41.9 Å². The molecule has 2 aliphatic carbocycles. The van der Waals surface area contributed by atoms with E-state index >= 15 is 0 Å². The maximum atomic E-state index is 14.5. The van der Waals surface area contributed by atoms with E-state index in [4.69, 9.17) is 26.1 Å². The van der Waals surface area contributed by atoms with Crippen molar-refractivity contribution in [3.05, 3.63) is 111 Å². The highest BCUT2D eigenvalue weighted by atomic mass is 35.5. The number of nitrogens with one attached hydrogen (secondary N) is 3. The molecule has 1 saturated carbocycles. The summed E-state index contributed by atoms with van der Waals surface area (Å²) in [5.74, 6) is -0.175. The number of benzene rings is 3. The molecule has 1 amide bonds. The van der Waals surface area contributed by atoms with Crippen molar-refractivity contribution in [3.8, 4) is 5.88 Å². The Morgan fingerprint density at radius 3 is 2.49 bits per heavy atom. The highest BCUT2D eigenvalue weighted by Crippen LogP contribution is 2.45. The van der Waals surface area contributed by atoms with Crippen molar-refractivity contribution in [2.75, 3.05) is 67.5 Å².